The largest absolute Gasteiger partial charge is 0.378 e. The van der Waals surface area contributed by atoms with Crippen LogP contribution in [-0.4, -0.2) is 49.7 Å². The van der Waals surface area contributed by atoms with Gasteiger partial charge in [-0.1, -0.05) is 6.42 Å². The third-order valence-electron chi connectivity index (χ3n) is 4.40. The van der Waals surface area contributed by atoms with Crippen LogP contribution in [0.1, 0.15) is 38.5 Å². The predicted octanol–water partition coefficient (Wildman–Crippen LogP) is 2.19. The van der Waals surface area contributed by atoms with Crippen LogP contribution in [0.5, 0.6) is 0 Å². The van der Waals surface area contributed by atoms with E-state index in [0.717, 1.165) is 38.9 Å². The first-order valence-electron chi connectivity index (χ1n) is 7.10. The molecule has 2 atom stereocenters. The molecular formula is C14H24FNO2. The Morgan fingerprint density at radius 1 is 1.22 bits per heavy atom. The lowest BCUT2D eigenvalue weighted by Crippen LogP contribution is -2.55. The fourth-order valence-electron chi connectivity index (χ4n) is 3.13. The quantitative estimate of drug-likeness (QED) is 0.683. The Morgan fingerprint density at radius 3 is 2.50 bits per heavy atom. The number of hydrogen-bond acceptors (Lipinski definition) is 3. The average molecular weight is 257 g/mol. The number of fused-ring (bicyclic) bond motifs is 2. The molecule has 0 aliphatic carbocycles. The molecule has 0 saturated carbocycles. The molecule has 2 aliphatic rings. The Balaban J connectivity index is 1.77. The van der Waals surface area contributed by atoms with E-state index >= 15 is 0 Å². The lowest BCUT2D eigenvalue weighted by Gasteiger charge is -2.46. The van der Waals surface area contributed by atoms with Gasteiger partial charge in [-0.05, 0) is 32.7 Å². The van der Waals surface area contributed by atoms with Gasteiger partial charge >= 0.3 is 0 Å². The Labute approximate surface area is 109 Å². The molecule has 4 heteroatoms. The van der Waals surface area contributed by atoms with Crippen molar-refractivity contribution < 1.29 is 13.9 Å². The summed E-state index contributed by atoms with van der Waals surface area (Å²) in [4.78, 5) is 14.5. The van der Waals surface area contributed by atoms with E-state index in [-0.39, 0.29) is 12.6 Å². The number of ether oxygens (including phenoxy) is 1. The fourth-order valence-corrected chi connectivity index (χ4v) is 3.13. The number of rotatable bonds is 6. The van der Waals surface area contributed by atoms with E-state index in [9.17, 15) is 9.18 Å². The number of piperidine rings is 1. The molecule has 3 nitrogen and oxygen atoms in total. The van der Waals surface area contributed by atoms with Gasteiger partial charge in [-0.15, -0.1) is 0 Å². The Kier molecular flexibility index (Phi) is 5.13. The number of carbonyl (C=O) groups excluding carboxylic acids is 1. The molecule has 2 bridgehead atoms. The maximum atomic E-state index is 12.1. The fraction of sp³-hybridized carbons (Fsp3) is 0.929. The third kappa shape index (κ3) is 3.29. The molecule has 2 fully saturated rings. The van der Waals surface area contributed by atoms with E-state index < -0.39 is 0 Å². The molecule has 0 aromatic rings. The van der Waals surface area contributed by atoms with Gasteiger partial charge in [0.1, 0.15) is 5.78 Å². The predicted molar refractivity (Wildman–Crippen MR) is 68.3 cm³/mol. The molecule has 2 aliphatic heterocycles. The first kappa shape index (κ1) is 13.9. The lowest BCUT2D eigenvalue weighted by molar-refractivity contribution is -0.131. The van der Waals surface area contributed by atoms with Crippen molar-refractivity contribution in [2.45, 2.75) is 50.6 Å². The number of morpholine rings is 1. The molecular weight excluding hydrogens is 233 g/mol. The van der Waals surface area contributed by atoms with Gasteiger partial charge in [0, 0.05) is 24.4 Å². The number of unbranched alkanes of at least 4 members (excludes halogenated alkanes) is 2. The van der Waals surface area contributed by atoms with E-state index in [0.29, 0.717) is 30.7 Å². The van der Waals surface area contributed by atoms with Crippen molar-refractivity contribution in [1.29, 1.82) is 0 Å². The first-order valence-corrected chi connectivity index (χ1v) is 7.10. The van der Waals surface area contributed by atoms with Gasteiger partial charge in [0.2, 0.25) is 0 Å². The van der Waals surface area contributed by atoms with E-state index in [1.807, 2.05) is 0 Å². The summed E-state index contributed by atoms with van der Waals surface area (Å²) in [6.45, 7) is 1.27. The normalized spacial score (nSPS) is 32.4. The summed E-state index contributed by atoms with van der Waals surface area (Å²) in [5.74, 6) is 0.601. The molecule has 0 amide bonds. The maximum absolute atomic E-state index is 12.1. The summed E-state index contributed by atoms with van der Waals surface area (Å²) in [5, 5.41) is 0. The molecule has 2 saturated heterocycles. The van der Waals surface area contributed by atoms with Crippen molar-refractivity contribution in [3.05, 3.63) is 0 Å². The van der Waals surface area contributed by atoms with Crippen LogP contribution < -0.4 is 0 Å². The lowest BCUT2D eigenvalue weighted by atomic mass is 9.81. The molecule has 0 spiro atoms. The van der Waals surface area contributed by atoms with E-state index in [1.165, 1.54) is 0 Å². The van der Waals surface area contributed by atoms with Crippen molar-refractivity contribution >= 4 is 5.78 Å². The average Bonchev–Trinajstić information content (AvgIpc) is 2.34. The number of Topliss-reactive ketones (excluding diaryl/α,β-unsaturated/α-hetero) is 1. The highest BCUT2D eigenvalue weighted by Crippen LogP contribution is 2.31. The van der Waals surface area contributed by atoms with Gasteiger partial charge in [0.25, 0.3) is 0 Å². The van der Waals surface area contributed by atoms with Crippen LogP contribution in [0.15, 0.2) is 0 Å². The van der Waals surface area contributed by atoms with Gasteiger partial charge < -0.3 is 4.74 Å². The summed E-state index contributed by atoms with van der Waals surface area (Å²) in [7, 11) is 2.14. The Hall–Kier alpha value is -0.480. The number of nitrogens with zero attached hydrogens (tertiary/aromatic N) is 1. The zero-order chi connectivity index (χ0) is 13.0. The number of halogens is 1. The van der Waals surface area contributed by atoms with Crippen LogP contribution in [0.4, 0.5) is 4.39 Å². The summed E-state index contributed by atoms with van der Waals surface area (Å²) in [6.07, 6.45) is 4.80. The zero-order valence-corrected chi connectivity index (χ0v) is 11.2. The van der Waals surface area contributed by atoms with Crippen molar-refractivity contribution in [2.24, 2.45) is 5.92 Å². The third-order valence-corrected chi connectivity index (χ3v) is 4.40. The van der Waals surface area contributed by atoms with E-state index in [4.69, 9.17) is 4.74 Å². The summed E-state index contributed by atoms with van der Waals surface area (Å²) in [6, 6.07) is 0.828. The van der Waals surface area contributed by atoms with Crippen molar-refractivity contribution in [1.82, 2.24) is 4.90 Å². The first-order chi connectivity index (χ1) is 8.72. The van der Waals surface area contributed by atoms with Gasteiger partial charge in [-0.2, -0.15) is 0 Å². The van der Waals surface area contributed by atoms with Crippen molar-refractivity contribution in [3.63, 3.8) is 0 Å². The number of alkyl halides is 1. The molecule has 0 aromatic heterocycles. The summed E-state index contributed by atoms with van der Waals surface area (Å²) < 4.78 is 17.5. The van der Waals surface area contributed by atoms with Gasteiger partial charge in [0.05, 0.1) is 19.9 Å². The monoisotopic (exact) mass is 257 g/mol. The number of carbonyl (C=O) groups is 1. The minimum absolute atomic E-state index is 0.213. The van der Waals surface area contributed by atoms with Gasteiger partial charge in [0.15, 0.2) is 0 Å². The van der Waals surface area contributed by atoms with Crippen LogP contribution in [0.25, 0.3) is 0 Å². The Bertz CT molecular complexity index is 271. The SMILES string of the molecule is CN1C2COCC1CC(C(=O)CCCCCF)C2. The molecule has 104 valence electrons. The topological polar surface area (TPSA) is 29.5 Å². The zero-order valence-electron chi connectivity index (χ0n) is 11.2. The van der Waals surface area contributed by atoms with Gasteiger partial charge in [-0.25, -0.2) is 0 Å². The minimum Gasteiger partial charge on any atom is -0.378 e. The minimum atomic E-state index is -0.260. The maximum Gasteiger partial charge on any atom is 0.136 e. The van der Waals surface area contributed by atoms with E-state index in [2.05, 4.69) is 11.9 Å². The highest BCUT2D eigenvalue weighted by Gasteiger charge is 2.38. The molecule has 18 heavy (non-hydrogen) atoms. The van der Waals surface area contributed by atoms with Crippen LogP contribution >= 0.6 is 0 Å². The van der Waals surface area contributed by atoms with Crippen LogP contribution in [0.3, 0.4) is 0 Å². The second-order valence-corrected chi connectivity index (χ2v) is 5.64. The molecule has 0 N–H and O–H groups in total. The molecule has 2 unspecified atom stereocenters. The number of likely N-dealkylation sites (N-methyl/N-ethyl adjacent to an activating group) is 1. The highest BCUT2D eigenvalue weighted by atomic mass is 19.1. The molecule has 2 rings (SSSR count). The van der Waals surface area contributed by atoms with Crippen LogP contribution in [0, 0.1) is 5.92 Å². The number of hydrogen-bond donors (Lipinski definition) is 0. The van der Waals surface area contributed by atoms with Crippen LogP contribution in [-0.2, 0) is 9.53 Å². The Morgan fingerprint density at radius 2 is 1.89 bits per heavy atom. The molecule has 0 aromatic carbocycles. The second-order valence-electron chi connectivity index (χ2n) is 5.64. The van der Waals surface area contributed by atoms with Crippen LogP contribution in [0.2, 0.25) is 0 Å². The van der Waals surface area contributed by atoms with E-state index in [1.54, 1.807) is 0 Å². The second kappa shape index (κ2) is 6.62. The van der Waals surface area contributed by atoms with Crippen molar-refractivity contribution in [3.8, 4) is 0 Å². The van der Waals surface area contributed by atoms with Crippen molar-refractivity contribution in [2.75, 3.05) is 26.9 Å². The summed E-state index contributed by atoms with van der Waals surface area (Å²) in [5.41, 5.74) is 0. The van der Waals surface area contributed by atoms with Gasteiger partial charge in [-0.3, -0.25) is 14.1 Å². The number of ketones is 1. The molecule has 2 heterocycles. The smallest absolute Gasteiger partial charge is 0.136 e. The standard InChI is InChI=1S/C14H24FNO2/c1-16-12-7-11(8-13(16)10-18-9-12)14(17)5-3-2-4-6-15/h11-13H,2-10H2,1H3. The highest BCUT2D eigenvalue weighted by molar-refractivity contribution is 5.81. The molecule has 0 radical (unpaired) electrons. The summed E-state index contributed by atoms with van der Waals surface area (Å²) >= 11 is 0.